The second kappa shape index (κ2) is 5.09. The molecule has 0 amide bonds. The minimum atomic E-state index is -4.54. The summed E-state index contributed by atoms with van der Waals surface area (Å²) in [6, 6.07) is 7.09. The topological polar surface area (TPSA) is 35.0 Å². The molecule has 1 aromatic heterocycles. The third kappa shape index (κ3) is 3.31. The zero-order chi connectivity index (χ0) is 13.2. The number of rotatable bonds is 2. The highest BCUT2D eigenvalue weighted by Gasteiger charge is 2.34. The molecule has 7 heteroatoms. The Labute approximate surface area is 114 Å². The van der Waals surface area contributed by atoms with Gasteiger partial charge in [0.15, 0.2) is 5.75 Å². The Hall–Kier alpha value is -1.38. The molecule has 2 aromatic rings. The number of hydrogen-bond donors (Lipinski definition) is 0. The maximum atomic E-state index is 12.2. The normalized spacial score (nSPS) is 11.3. The molecule has 0 radical (unpaired) electrons. The van der Waals surface area contributed by atoms with E-state index in [2.05, 4.69) is 32.6 Å². The van der Waals surface area contributed by atoms with Gasteiger partial charge in [0.2, 0.25) is 5.82 Å². The fourth-order valence-corrected chi connectivity index (χ4v) is 1.70. The van der Waals surface area contributed by atoms with Crippen LogP contribution in [0.25, 0.3) is 0 Å². The first-order chi connectivity index (χ1) is 8.45. The van der Waals surface area contributed by atoms with Crippen molar-refractivity contribution in [2.75, 3.05) is 0 Å². The predicted octanol–water partition coefficient (Wildman–Crippen LogP) is 3.89. The summed E-state index contributed by atoms with van der Waals surface area (Å²) in [6.45, 7) is 0. The number of hydrogen-bond acceptors (Lipinski definition) is 3. The van der Waals surface area contributed by atoms with Crippen molar-refractivity contribution in [3.63, 3.8) is 0 Å². The van der Waals surface area contributed by atoms with Crippen molar-refractivity contribution in [3.05, 3.63) is 46.1 Å². The highest BCUT2D eigenvalue weighted by molar-refractivity contribution is 14.1. The molecule has 0 fully saturated rings. The molecule has 0 atom stereocenters. The summed E-state index contributed by atoms with van der Waals surface area (Å²) in [5.41, 5.74) is 0. The van der Waals surface area contributed by atoms with Crippen LogP contribution in [-0.2, 0) is 6.18 Å². The fraction of sp³-hybridized carbons (Fsp3) is 0.0909. The molecule has 0 spiro atoms. The van der Waals surface area contributed by atoms with E-state index in [1.54, 1.807) is 18.2 Å². The highest BCUT2D eigenvalue weighted by Crippen LogP contribution is 2.27. The van der Waals surface area contributed by atoms with Crippen LogP contribution in [0.3, 0.4) is 0 Å². The van der Waals surface area contributed by atoms with Crippen LogP contribution in [0.15, 0.2) is 36.7 Å². The predicted molar refractivity (Wildman–Crippen MR) is 66.3 cm³/mol. The molecular formula is C11H6F3IN2O. The van der Waals surface area contributed by atoms with Crippen molar-refractivity contribution in [3.8, 4) is 11.5 Å². The minimum Gasteiger partial charge on any atom is -0.454 e. The zero-order valence-corrected chi connectivity index (χ0v) is 10.9. The van der Waals surface area contributed by atoms with Crippen molar-refractivity contribution in [1.82, 2.24) is 9.97 Å². The Morgan fingerprint density at radius 2 is 1.72 bits per heavy atom. The van der Waals surface area contributed by atoms with E-state index < -0.39 is 12.0 Å². The summed E-state index contributed by atoms with van der Waals surface area (Å²) in [7, 11) is 0. The molecule has 0 bridgehead atoms. The Morgan fingerprint density at radius 3 is 2.28 bits per heavy atom. The molecule has 94 valence electrons. The number of halogens is 4. The summed E-state index contributed by atoms with van der Waals surface area (Å²) >= 11 is 2.10. The molecular weight excluding hydrogens is 360 g/mol. The van der Waals surface area contributed by atoms with Crippen LogP contribution in [-0.4, -0.2) is 9.97 Å². The molecule has 0 aliphatic rings. The van der Waals surface area contributed by atoms with E-state index in [0.29, 0.717) is 5.75 Å². The maximum Gasteiger partial charge on any atom is 0.451 e. The zero-order valence-electron chi connectivity index (χ0n) is 8.78. The minimum absolute atomic E-state index is 0.157. The van der Waals surface area contributed by atoms with Gasteiger partial charge in [0, 0.05) is 3.57 Å². The Balaban J connectivity index is 2.16. The molecule has 0 saturated carbocycles. The van der Waals surface area contributed by atoms with E-state index in [0.717, 1.165) is 16.0 Å². The molecule has 3 nitrogen and oxygen atoms in total. The van der Waals surface area contributed by atoms with Crippen LogP contribution < -0.4 is 4.74 Å². The van der Waals surface area contributed by atoms with Gasteiger partial charge in [-0.1, -0.05) is 6.07 Å². The fourth-order valence-electron chi connectivity index (χ4n) is 1.18. The molecule has 0 aliphatic carbocycles. The number of alkyl halides is 3. The number of ether oxygens (including phenoxy) is 1. The van der Waals surface area contributed by atoms with E-state index in [1.807, 2.05) is 6.07 Å². The van der Waals surface area contributed by atoms with Crippen LogP contribution in [0.4, 0.5) is 13.2 Å². The van der Waals surface area contributed by atoms with Crippen LogP contribution in [0.2, 0.25) is 0 Å². The smallest absolute Gasteiger partial charge is 0.451 e. The lowest BCUT2D eigenvalue weighted by Crippen LogP contribution is -2.10. The highest BCUT2D eigenvalue weighted by atomic mass is 127. The van der Waals surface area contributed by atoms with Crippen molar-refractivity contribution >= 4 is 22.6 Å². The van der Waals surface area contributed by atoms with Crippen LogP contribution in [0, 0.1) is 3.57 Å². The Kier molecular flexibility index (Phi) is 3.69. The number of aromatic nitrogens is 2. The summed E-state index contributed by atoms with van der Waals surface area (Å²) in [5, 5.41) is 0. The first kappa shape index (κ1) is 13.1. The van der Waals surface area contributed by atoms with Gasteiger partial charge in [-0.15, -0.1) is 0 Å². The van der Waals surface area contributed by atoms with E-state index >= 15 is 0 Å². The Morgan fingerprint density at radius 1 is 1.06 bits per heavy atom. The van der Waals surface area contributed by atoms with E-state index in [-0.39, 0.29) is 5.75 Å². The molecule has 1 heterocycles. The van der Waals surface area contributed by atoms with Crippen LogP contribution in [0.5, 0.6) is 11.5 Å². The Bertz CT molecular complexity index is 543. The van der Waals surface area contributed by atoms with Gasteiger partial charge in [-0.2, -0.15) is 13.2 Å². The molecule has 0 saturated heterocycles. The molecule has 0 unspecified atom stereocenters. The molecule has 18 heavy (non-hydrogen) atoms. The monoisotopic (exact) mass is 366 g/mol. The second-order valence-corrected chi connectivity index (χ2v) is 4.55. The van der Waals surface area contributed by atoms with Gasteiger partial charge in [-0.25, -0.2) is 9.97 Å². The third-order valence-corrected chi connectivity index (χ3v) is 2.58. The largest absolute Gasteiger partial charge is 0.454 e. The molecule has 0 aliphatic heterocycles. The average Bonchev–Trinajstić information content (AvgIpc) is 2.28. The summed E-state index contributed by atoms with van der Waals surface area (Å²) < 4.78 is 43.0. The average molecular weight is 366 g/mol. The van der Waals surface area contributed by atoms with Gasteiger partial charge >= 0.3 is 6.18 Å². The molecule has 0 N–H and O–H groups in total. The van der Waals surface area contributed by atoms with Gasteiger partial charge in [0.05, 0.1) is 12.4 Å². The van der Waals surface area contributed by atoms with Crippen molar-refractivity contribution in [1.29, 1.82) is 0 Å². The van der Waals surface area contributed by atoms with Crippen molar-refractivity contribution in [2.45, 2.75) is 6.18 Å². The molecule has 1 aromatic carbocycles. The summed E-state index contributed by atoms with van der Waals surface area (Å²) in [5.74, 6) is -0.507. The van der Waals surface area contributed by atoms with Gasteiger partial charge in [-0.3, -0.25) is 0 Å². The van der Waals surface area contributed by atoms with Gasteiger partial charge in [0.1, 0.15) is 5.75 Å². The van der Waals surface area contributed by atoms with Gasteiger partial charge < -0.3 is 4.74 Å². The SMILES string of the molecule is FC(F)(F)c1ncc(Oc2cccc(I)c2)cn1. The van der Waals surface area contributed by atoms with E-state index in [1.165, 1.54) is 0 Å². The summed E-state index contributed by atoms with van der Waals surface area (Å²) in [6.07, 6.45) is -2.55. The third-order valence-electron chi connectivity index (χ3n) is 1.91. The van der Waals surface area contributed by atoms with E-state index in [4.69, 9.17) is 4.74 Å². The number of benzene rings is 1. The second-order valence-electron chi connectivity index (χ2n) is 3.30. The standard InChI is InChI=1S/C11H6F3IN2O/c12-11(13,14)10-16-5-9(6-17-10)18-8-3-1-2-7(15)4-8/h1-6H. The van der Waals surface area contributed by atoms with Gasteiger partial charge in [0.25, 0.3) is 0 Å². The first-order valence-corrected chi connectivity index (χ1v) is 5.86. The van der Waals surface area contributed by atoms with Gasteiger partial charge in [-0.05, 0) is 40.8 Å². The lowest BCUT2D eigenvalue weighted by molar-refractivity contribution is -0.145. The summed E-state index contributed by atoms with van der Waals surface area (Å²) in [4.78, 5) is 6.41. The number of nitrogens with zero attached hydrogens (tertiary/aromatic N) is 2. The first-order valence-electron chi connectivity index (χ1n) is 4.78. The molecule has 2 rings (SSSR count). The van der Waals surface area contributed by atoms with E-state index in [9.17, 15) is 13.2 Å². The van der Waals surface area contributed by atoms with Crippen molar-refractivity contribution < 1.29 is 17.9 Å². The maximum absolute atomic E-state index is 12.2. The van der Waals surface area contributed by atoms with Crippen LogP contribution >= 0.6 is 22.6 Å². The van der Waals surface area contributed by atoms with Crippen molar-refractivity contribution in [2.24, 2.45) is 0 Å². The quantitative estimate of drug-likeness (QED) is 0.757. The lowest BCUT2D eigenvalue weighted by Gasteiger charge is -2.07. The van der Waals surface area contributed by atoms with Crippen LogP contribution in [0.1, 0.15) is 5.82 Å². The lowest BCUT2D eigenvalue weighted by atomic mass is 10.3.